The van der Waals surface area contributed by atoms with Crippen molar-refractivity contribution in [3.8, 4) is 11.1 Å². The minimum absolute atomic E-state index is 0.0947. The van der Waals surface area contributed by atoms with E-state index in [1.54, 1.807) is 6.92 Å². The topological polar surface area (TPSA) is 114 Å². The van der Waals surface area contributed by atoms with Gasteiger partial charge in [0.1, 0.15) is 12.6 Å². The standard InChI is InChI=1S/C25H28N2O7/c1-15(32-2)22(23(28)27-11-12-33-14-21(27)24(29)30)26-25(31)34-13-20-18-9-5-3-7-16(18)17-8-4-6-10-19(17)20/h3-10,15,20-22H,11-14H2,1-2H3,(H,26,31)(H,29,30)/t15-,21?,22+/m1/s1. The van der Waals surface area contributed by atoms with Gasteiger partial charge >= 0.3 is 12.1 Å². The molecular weight excluding hydrogens is 440 g/mol. The van der Waals surface area contributed by atoms with Crippen LogP contribution in [0.1, 0.15) is 24.0 Å². The van der Waals surface area contributed by atoms with Gasteiger partial charge in [-0.25, -0.2) is 9.59 Å². The van der Waals surface area contributed by atoms with Crippen LogP contribution in [0.5, 0.6) is 0 Å². The van der Waals surface area contributed by atoms with Gasteiger partial charge < -0.3 is 29.5 Å². The van der Waals surface area contributed by atoms with Crippen LogP contribution in [0, 0.1) is 0 Å². The zero-order valence-electron chi connectivity index (χ0n) is 19.1. The van der Waals surface area contributed by atoms with Gasteiger partial charge in [-0.1, -0.05) is 48.5 Å². The molecule has 0 aromatic heterocycles. The number of ether oxygens (including phenoxy) is 3. The number of nitrogens with zero attached hydrogens (tertiary/aromatic N) is 1. The molecule has 0 bridgehead atoms. The van der Waals surface area contributed by atoms with Gasteiger partial charge in [-0.15, -0.1) is 0 Å². The Morgan fingerprint density at radius 1 is 1.12 bits per heavy atom. The van der Waals surface area contributed by atoms with Crippen LogP contribution >= 0.6 is 0 Å². The molecule has 0 spiro atoms. The van der Waals surface area contributed by atoms with Crippen molar-refractivity contribution in [1.29, 1.82) is 0 Å². The van der Waals surface area contributed by atoms with Crippen molar-refractivity contribution in [3.05, 3.63) is 59.7 Å². The van der Waals surface area contributed by atoms with Crippen LogP contribution in [-0.4, -0.2) is 79.6 Å². The molecule has 3 atom stereocenters. The lowest BCUT2D eigenvalue weighted by molar-refractivity contribution is -0.160. The fourth-order valence-corrected chi connectivity index (χ4v) is 4.53. The first-order valence-corrected chi connectivity index (χ1v) is 11.2. The second-order valence-corrected chi connectivity index (χ2v) is 8.35. The lowest BCUT2D eigenvalue weighted by atomic mass is 9.98. The van der Waals surface area contributed by atoms with Crippen LogP contribution in [0.15, 0.2) is 48.5 Å². The summed E-state index contributed by atoms with van der Waals surface area (Å²) >= 11 is 0. The molecule has 2 aromatic rings. The SMILES string of the molecule is CO[C@H](C)[C@H](NC(=O)OCC1c2ccccc2-c2ccccc21)C(=O)N1CCOCC1C(=O)O. The quantitative estimate of drug-likeness (QED) is 0.641. The van der Waals surface area contributed by atoms with Crippen molar-refractivity contribution in [2.24, 2.45) is 0 Å². The molecule has 180 valence electrons. The minimum Gasteiger partial charge on any atom is -0.480 e. The number of hydrogen-bond donors (Lipinski definition) is 2. The molecule has 1 aliphatic carbocycles. The average Bonchev–Trinajstić information content (AvgIpc) is 3.18. The van der Waals surface area contributed by atoms with Gasteiger partial charge in [0.15, 0.2) is 6.04 Å². The Bertz CT molecular complexity index is 1030. The predicted octanol–water partition coefficient (Wildman–Crippen LogP) is 2.24. The van der Waals surface area contributed by atoms with Crippen molar-refractivity contribution in [3.63, 3.8) is 0 Å². The summed E-state index contributed by atoms with van der Waals surface area (Å²) in [4.78, 5) is 38.7. The fraction of sp³-hybridized carbons (Fsp3) is 0.400. The van der Waals surface area contributed by atoms with Gasteiger partial charge in [0.2, 0.25) is 5.91 Å². The molecule has 4 rings (SSSR count). The number of benzene rings is 2. The highest BCUT2D eigenvalue weighted by Crippen LogP contribution is 2.44. The van der Waals surface area contributed by atoms with Crippen molar-refractivity contribution in [2.45, 2.75) is 31.0 Å². The Morgan fingerprint density at radius 3 is 2.32 bits per heavy atom. The molecule has 2 amide bonds. The number of carbonyl (C=O) groups excluding carboxylic acids is 2. The van der Waals surface area contributed by atoms with Gasteiger partial charge in [0.05, 0.1) is 19.3 Å². The summed E-state index contributed by atoms with van der Waals surface area (Å²) in [6.45, 7) is 1.93. The van der Waals surface area contributed by atoms with Crippen molar-refractivity contribution in [1.82, 2.24) is 10.2 Å². The number of methoxy groups -OCH3 is 1. The largest absolute Gasteiger partial charge is 0.480 e. The molecule has 2 N–H and O–H groups in total. The summed E-state index contributed by atoms with van der Waals surface area (Å²) in [6.07, 6.45) is -1.48. The van der Waals surface area contributed by atoms with Crippen LogP contribution in [0.4, 0.5) is 4.79 Å². The maximum Gasteiger partial charge on any atom is 0.407 e. The minimum atomic E-state index is -1.17. The second kappa shape index (κ2) is 10.2. The molecule has 1 saturated heterocycles. The molecule has 1 heterocycles. The summed E-state index contributed by atoms with van der Waals surface area (Å²) in [5.74, 6) is -1.85. The van der Waals surface area contributed by atoms with Crippen molar-refractivity contribution in [2.75, 3.05) is 33.5 Å². The van der Waals surface area contributed by atoms with Gasteiger partial charge in [0, 0.05) is 19.6 Å². The smallest absolute Gasteiger partial charge is 0.407 e. The van der Waals surface area contributed by atoms with Crippen LogP contribution in [0.25, 0.3) is 11.1 Å². The van der Waals surface area contributed by atoms with Gasteiger partial charge in [-0.3, -0.25) is 4.79 Å². The van der Waals surface area contributed by atoms with Crippen molar-refractivity contribution < 1.29 is 33.7 Å². The van der Waals surface area contributed by atoms with Crippen LogP contribution in [0.2, 0.25) is 0 Å². The first-order chi connectivity index (χ1) is 16.4. The molecule has 2 aliphatic rings. The molecule has 1 fully saturated rings. The first kappa shape index (κ1) is 23.7. The van der Waals surface area contributed by atoms with E-state index in [0.717, 1.165) is 22.3 Å². The van der Waals surface area contributed by atoms with E-state index < -0.39 is 36.2 Å². The van der Waals surface area contributed by atoms with E-state index in [2.05, 4.69) is 5.32 Å². The van der Waals surface area contributed by atoms with E-state index >= 15 is 0 Å². The number of alkyl carbamates (subject to hydrolysis) is 1. The normalized spacial score (nSPS) is 19.0. The molecule has 1 aliphatic heterocycles. The summed E-state index contributed by atoms with van der Waals surface area (Å²) in [5, 5.41) is 12.1. The van der Waals surface area contributed by atoms with E-state index in [-0.39, 0.29) is 32.3 Å². The van der Waals surface area contributed by atoms with E-state index in [1.165, 1.54) is 12.0 Å². The molecule has 0 radical (unpaired) electrons. The number of fused-ring (bicyclic) bond motifs is 3. The first-order valence-electron chi connectivity index (χ1n) is 11.2. The maximum absolute atomic E-state index is 13.2. The number of nitrogens with one attached hydrogen (secondary N) is 1. The number of carboxylic acids is 1. The zero-order valence-corrected chi connectivity index (χ0v) is 19.1. The molecule has 9 nitrogen and oxygen atoms in total. The van der Waals surface area contributed by atoms with Crippen LogP contribution in [-0.2, 0) is 23.8 Å². The average molecular weight is 469 g/mol. The summed E-state index contributed by atoms with van der Waals surface area (Å²) in [5.41, 5.74) is 4.37. The number of aliphatic carboxylic acids is 1. The Labute approximate surface area is 197 Å². The third-order valence-electron chi connectivity index (χ3n) is 6.42. The van der Waals surface area contributed by atoms with Crippen LogP contribution < -0.4 is 5.32 Å². The number of carbonyl (C=O) groups is 3. The molecule has 9 heteroatoms. The fourth-order valence-electron chi connectivity index (χ4n) is 4.53. The Hall–Kier alpha value is -3.43. The summed E-state index contributed by atoms with van der Waals surface area (Å²) < 4.78 is 16.1. The zero-order chi connectivity index (χ0) is 24.2. The summed E-state index contributed by atoms with van der Waals surface area (Å²) in [7, 11) is 1.42. The van der Waals surface area contributed by atoms with Gasteiger partial charge in [-0.2, -0.15) is 0 Å². The summed E-state index contributed by atoms with van der Waals surface area (Å²) in [6, 6.07) is 13.7. The number of carboxylic acid groups (broad SMARTS) is 1. The number of amides is 2. The van der Waals surface area contributed by atoms with E-state index in [1.807, 2.05) is 48.5 Å². The number of hydrogen-bond acceptors (Lipinski definition) is 6. The lowest BCUT2D eigenvalue weighted by Gasteiger charge is -2.36. The number of rotatable bonds is 7. The highest BCUT2D eigenvalue weighted by molar-refractivity contribution is 5.90. The molecule has 0 saturated carbocycles. The molecule has 2 aromatic carbocycles. The Morgan fingerprint density at radius 2 is 1.74 bits per heavy atom. The van der Waals surface area contributed by atoms with Gasteiger partial charge in [0.25, 0.3) is 0 Å². The third-order valence-corrected chi connectivity index (χ3v) is 6.42. The second-order valence-electron chi connectivity index (χ2n) is 8.35. The van der Waals surface area contributed by atoms with E-state index in [4.69, 9.17) is 14.2 Å². The molecular formula is C25H28N2O7. The molecule has 1 unspecified atom stereocenters. The molecule has 34 heavy (non-hydrogen) atoms. The number of morpholine rings is 1. The monoisotopic (exact) mass is 468 g/mol. The Balaban J connectivity index is 1.46. The lowest BCUT2D eigenvalue weighted by Crippen LogP contribution is -2.61. The maximum atomic E-state index is 13.2. The third kappa shape index (κ3) is 4.62. The van der Waals surface area contributed by atoms with Crippen molar-refractivity contribution >= 4 is 18.0 Å². The van der Waals surface area contributed by atoms with E-state index in [0.29, 0.717) is 0 Å². The van der Waals surface area contributed by atoms with E-state index in [9.17, 15) is 19.5 Å². The van der Waals surface area contributed by atoms with Crippen LogP contribution in [0.3, 0.4) is 0 Å². The Kier molecular flexibility index (Phi) is 7.14. The highest BCUT2D eigenvalue weighted by atomic mass is 16.5. The van der Waals surface area contributed by atoms with Gasteiger partial charge in [-0.05, 0) is 29.2 Å². The highest BCUT2D eigenvalue weighted by Gasteiger charge is 2.39. The predicted molar refractivity (Wildman–Crippen MR) is 122 cm³/mol.